The highest BCUT2D eigenvalue weighted by Gasteiger charge is 2.20. The lowest BCUT2D eigenvalue weighted by molar-refractivity contribution is 0.0489. The van der Waals surface area contributed by atoms with Crippen LogP contribution in [0.5, 0.6) is 0 Å². The molecule has 0 aromatic carbocycles. The summed E-state index contributed by atoms with van der Waals surface area (Å²) in [5.74, 6) is 6.36. The highest BCUT2D eigenvalue weighted by molar-refractivity contribution is 8.77. The van der Waals surface area contributed by atoms with Crippen LogP contribution >= 0.6 is 21.6 Å². The maximum atomic E-state index is 11.8. The monoisotopic (exact) mass is 544 g/mol. The topological polar surface area (TPSA) is 119 Å². The summed E-state index contributed by atoms with van der Waals surface area (Å²) in [6.45, 7) is 16.1. The predicted octanol–water partition coefficient (Wildman–Crippen LogP) is 4.13. The Hall–Kier alpha value is -1.36. The summed E-state index contributed by atoms with van der Waals surface area (Å²) >= 11 is 0. The van der Waals surface area contributed by atoms with Crippen LogP contribution in [0.3, 0.4) is 0 Å². The van der Waals surface area contributed by atoms with Gasteiger partial charge in [0.15, 0.2) is 0 Å². The molecule has 10 nitrogen and oxygen atoms in total. The summed E-state index contributed by atoms with van der Waals surface area (Å²) in [6, 6.07) is 0.0221. The van der Waals surface area contributed by atoms with Crippen LogP contribution in [0.2, 0.25) is 0 Å². The van der Waals surface area contributed by atoms with E-state index in [0.717, 1.165) is 6.54 Å². The molecule has 0 aliphatic carbocycles. The van der Waals surface area contributed by atoms with E-state index in [4.69, 9.17) is 19.0 Å². The molecule has 0 heterocycles. The van der Waals surface area contributed by atoms with Crippen LogP contribution in [0.4, 0.5) is 9.59 Å². The molecule has 0 atom stereocenters. The van der Waals surface area contributed by atoms with E-state index in [1.54, 1.807) is 10.8 Å². The molecule has 0 spiro atoms. The van der Waals surface area contributed by atoms with E-state index in [9.17, 15) is 9.59 Å². The Bertz CT molecular complexity index is 645. The van der Waals surface area contributed by atoms with Gasteiger partial charge in [-0.3, -0.25) is 4.84 Å². The summed E-state index contributed by atoms with van der Waals surface area (Å²) in [4.78, 5) is 28.5. The van der Waals surface area contributed by atoms with Crippen molar-refractivity contribution >= 4 is 33.7 Å². The summed E-state index contributed by atoms with van der Waals surface area (Å²) in [5.41, 5.74) is 2.31. The van der Waals surface area contributed by atoms with Crippen molar-refractivity contribution < 1.29 is 34.3 Å². The average molecular weight is 545 g/mol. The van der Waals surface area contributed by atoms with E-state index in [1.807, 2.05) is 27.7 Å². The molecule has 0 aliphatic rings. The zero-order chi connectivity index (χ0) is 26.4. The van der Waals surface area contributed by atoms with E-state index in [-0.39, 0.29) is 28.9 Å². The number of carbonyl (C=O) groups is 2. The van der Waals surface area contributed by atoms with Crippen LogP contribution in [-0.4, -0.2) is 81.5 Å². The van der Waals surface area contributed by atoms with Gasteiger partial charge in [-0.05, 0) is 20.3 Å². The lowest BCUT2D eigenvalue weighted by Crippen LogP contribution is -2.35. The maximum absolute atomic E-state index is 11.8. The summed E-state index contributed by atoms with van der Waals surface area (Å²) in [5, 5.41) is 8.52. The normalized spacial score (nSPS) is 11.2. The van der Waals surface area contributed by atoms with Crippen LogP contribution in [0.25, 0.3) is 0 Å². The van der Waals surface area contributed by atoms with E-state index >= 15 is 0 Å². The summed E-state index contributed by atoms with van der Waals surface area (Å²) in [7, 11) is 3.05. The Kier molecular flexibility index (Phi) is 21.0. The van der Waals surface area contributed by atoms with Gasteiger partial charge in [0.25, 0.3) is 0 Å². The van der Waals surface area contributed by atoms with E-state index in [0.29, 0.717) is 52.0 Å². The number of nitrogens with one attached hydrogen (secondary N) is 4. The molecule has 0 aromatic rings. The van der Waals surface area contributed by atoms with Crippen LogP contribution in [-0.2, 0) is 19.0 Å². The van der Waals surface area contributed by atoms with Gasteiger partial charge in [-0.15, -0.1) is 0 Å². The lowest BCUT2D eigenvalue weighted by atomic mass is 10.1. The SMILES string of the molecule is CC(C)C#CCNC(=O)NOCSSC(C)(C)CCOC(=O)NCCOCCOCCNC(C)C.[HH].[HH].[HH].[HH]. The second kappa shape index (κ2) is 21.9. The Labute approximate surface area is 224 Å². The van der Waals surface area contributed by atoms with Gasteiger partial charge in [0.05, 0.1) is 39.6 Å². The molecule has 0 aliphatic heterocycles. The predicted molar refractivity (Wildman–Crippen MR) is 152 cm³/mol. The van der Waals surface area contributed by atoms with Crippen LogP contribution in [0, 0.1) is 17.8 Å². The number of alkyl carbamates (subject to hydrolysis) is 1. The first-order valence-corrected chi connectivity index (χ1v) is 14.2. The number of hydrogen-bond donors (Lipinski definition) is 4. The van der Waals surface area contributed by atoms with Crippen molar-refractivity contribution in [3.05, 3.63) is 0 Å². The van der Waals surface area contributed by atoms with Crippen molar-refractivity contribution in [2.45, 2.75) is 58.8 Å². The largest absolute Gasteiger partial charge is 0.450 e. The van der Waals surface area contributed by atoms with Gasteiger partial charge in [0.2, 0.25) is 0 Å². The van der Waals surface area contributed by atoms with Gasteiger partial charge < -0.3 is 30.2 Å². The lowest BCUT2D eigenvalue weighted by Gasteiger charge is -2.22. The quantitative estimate of drug-likeness (QED) is 0.0626. The highest BCUT2D eigenvalue weighted by atomic mass is 33.1. The molecule has 0 rings (SSSR count). The molecular weight excluding hydrogens is 492 g/mol. The Balaban J connectivity index is -0.000000963. The molecule has 212 valence electrons. The number of rotatable bonds is 19. The Morgan fingerprint density at radius 3 is 2.31 bits per heavy atom. The molecule has 0 radical (unpaired) electrons. The third-order valence-corrected chi connectivity index (χ3v) is 6.89. The first kappa shape index (κ1) is 33.6. The van der Waals surface area contributed by atoms with Gasteiger partial charge in [-0.25, -0.2) is 15.1 Å². The molecule has 4 N–H and O–H groups in total. The Morgan fingerprint density at radius 1 is 0.971 bits per heavy atom. The average Bonchev–Trinajstić information content (AvgIpc) is 2.77. The van der Waals surface area contributed by atoms with Gasteiger partial charge >= 0.3 is 12.1 Å². The minimum absolute atomic E-state index is 0. The van der Waals surface area contributed by atoms with E-state index < -0.39 is 12.1 Å². The minimum atomic E-state index is -0.463. The van der Waals surface area contributed by atoms with Gasteiger partial charge in [0, 0.05) is 35.5 Å². The van der Waals surface area contributed by atoms with Crippen molar-refractivity contribution in [3.63, 3.8) is 0 Å². The third kappa shape index (κ3) is 25.5. The fourth-order valence-electron chi connectivity index (χ4n) is 2.17. The van der Waals surface area contributed by atoms with Gasteiger partial charge in [-0.2, -0.15) is 0 Å². The number of amides is 3. The summed E-state index contributed by atoms with van der Waals surface area (Å²) in [6.07, 6.45) is 0.203. The van der Waals surface area contributed by atoms with E-state index in [1.165, 1.54) is 10.8 Å². The molecule has 35 heavy (non-hydrogen) atoms. The zero-order valence-electron chi connectivity index (χ0n) is 22.0. The second-order valence-electron chi connectivity index (χ2n) is 8.63. The smallest absolute Gasteiger partial charge is 0.407 e. The number of carbonyl (C=O) groups excluding carboxylic acids is 2. The first-order valence-electron chi connectivity index (χ1n) is 11.9. The number of hydrogen-bond acceptors (Lipinski definition) is 9. The van der Waals surface area contributed by atoms with Gasteiger partial charge in [0.1, 0.15) is 5.94 Å². The zero-order valence-corrected chi connectivity index (χ0v) is 23.6. The molecule has 3 amide bonds. The van der Waals surface area contributed by atoms with Gasteiger partial charge in [-0.1, -0.05) is 61.1 Å². The Morgan fingerprint density at radius 2 is 1.66 bits per heavy atom. The van der Waals surface area contributed by atoms with Crippen molar-refractivity contribution in [3.8, 4) is 11.8 Å². The molecule has 0 saturated heterocycles. The fraction of sp³-hybridized carbons (Fsp3) is 0.826. The standard InChI is InChI=1S/C23H44N4O6S2.4H2/c1-19(2)8-7-10-25-21(28)27-33-18-34-35-23(5,6)9-13-32-22(29)26-12-15-31-17-16-30-14-11-24-20(3)4;;;;/h19-20,24H,9-18H2,1-6H3,(H,26,29)(H2,25,27,28);4*1H. The molecule has 0 fully saturated rings. The third-order valence-electron chi connectivity index (χ3n) is 3.91. The maximum Gasteiger partial charge on any atom is 0.407 e. The first-order chi connectivity index (χ1) is 16.6. The summed E-state index contributed by atoms with van der Waals surface area (Å²) < 4.78 is 15.9. The van der Waals surface area contributed by atoms with Crippen LogP contribution < -0.4 is 21.4 Å². The highest BCUT2D eigenvalue weighted by Crippen LogP contribution is 2.37. The van der Waals surface area contributed by atoms with Crippen molar-refractivity contribution in [1.29, 1.82) is 0 Å². The number of hydroxylamine groups is 1. The fourth-order valence-corrected chi connectivity index (χ4v) is 4.30. The second-order valence-corrected chi connectivity index (χ2v) is 11.6. The van der Waals surface area contributed by atoms with Crippen molar-refractivity contribution in [2.75, 3.05) is 58.6 Å². The molecular formula is C23H52N4O6S2. The van der Waals surface area contributed by atoms with Crippen LogP contribution in [0.15, 0.2) is 0 Å². The van der Waals surface area contributed by atoms with Crippen LogP contribution in [0.1, 0.15) is 53.7 Å². The molecule has 12 heteroatoms. The number of urea groups is 1. The minimum Gasteiger partial charge on any atom is -0.450 e. The van der Waals surface area contributed by atoms with Crippen molar-refractivity contribution in [1.82, 2.24) is 21.4 Å². The number of ether oxygens (including phenoxy) is 3. The molecule has 0 bridgehead atoms. The molecule has 0 unspecified atom stereocenters. The molecule has 0 saturated carbocycles. The van der Waals surface area contributed by atoms with E-state index in [2.05, 4.69) is 47.1 Å². The molecule has 0 aromatic heterocycles. The van der Waals surface area contributed by atoms with Crippen molar-refractivity contribution in [2.24, 2.45) is 5.92 Å².